The fraction of sp³-hybridized carbons (Fsp3) is 0.353. The molecule has 5 heterocycles. The van der Waals surface area contributed by atoms with Gasteiger partial charge in [-0.15, -0.1) is 0 Å². The maximum absolute atomic E-state index is 13.1. The SMILES string of the molecule is CN(C)CCn1ncc2cc(C(=O)Nc3cccc(CNc4ncc(-c5cnn(C6CCCCO6)c5)c5c4CCO5)c3)ccc21. The van der Waals surface area contributed by atoms with Crippen molar-refractivity contribution in [2.24, 2.45) is 0 Å². The molecule has 11 heteroatoms. The Labute approximate surface area is 262 Å². The van der Waals surface area contributed by atoms with E-state index in [-0.39, 0.29) is 12.1 Å². The smallest absolute Gasteiger partial charge is 0.255 e. The Bertz CT molecular complexity index is 1820. The number of carbonyl (C=O) groups is 1. The molecule has 1 fully saturated rings. The van der Waals surface area contributed by atoms with E-state index in [1.165, 1.54) is 0 Å². The summed E-state index contributed by atoms with van der Waals surface area (Å²) in [5.41, 5.74) is 6.36. The Morgan fingerprint density at radius 2 is 2.00 bits per heavy atom. The normalized spacial score (nSPS) is 16.1. The van der Waals surface area contributed by atoms with Crippen molar-refractivity contribution < 1.29 is 14.3 Å². The third kappa shape index (κ3) is 6.27. The van der Waals surface area contributed by atoms with Crippen LogP contribution in [0.15, 0.2) is 67.3 Å². The number of nitrogens with zero attached hydrogens (tertiary/aromatic N) is 6. The topological polar surface area (TPSA) is 111 Å². The monoisotopic (exact) mass is 606 g/mol. The van der Waals surface area contributed by atoms with Gasteiger partial charge in [-0.1, -0.05) is 12.1 Å². The highest BCUT2D eigenvalue weighted by molar-refractivity contribution is 6.06. The summed E-state index contributed by atoms with van der Waals surface area (Å²) in [6.45, 7) is 3.63. The van der Waals surface area contributed by atoms with E-state index in [1.54, 1.807) is 0 Å². The van der Waals surface area contributed by atoms with E-state index in [0.717, 1.165) is 95.8 Å². The first-order valence-corrected chi connectivity index (χ1v) is 15.6. The summed E-state index contributed by atoms with van der Waals surface area (Å²) in [7, 11) is 4.08. The van der Waals surface area contributed by atoms with Crippen molar-refractivity contribution in [3.05, 3.63) is 83.9 Å². The van der Waals surface area contributed by atoms with Gasteiger partial charge in [0.1, 0.15) is 17.8 Å². The number of hydrogen-bond acceptors (Lipinski definition) is 8. The average Bonchev–Trinajstić information content (AvgIpc) is 3.83. The van der Waals surface area contributed by atoms with Crippen LogP contribution in [0.4, 0.5) is 11.5 Å². The van der Waals surface area contributed by atoms with Gasteiger partial charge in [0.25, 0.3) is 5.91 Å². The van der Waals surface area contributed by atoms with Gasteiger partial charge in [0, 0.05) is 71.8 Å². The summed E-state index contributed by atoms with van der Waals surface area (Å²) in [6, 6.07) is 13.6. The van der Waals surface area contributed by atoms with Crippen LogP contribution in [0.3, 0.4) is 0 Å². The lowest BCUT2D eigenvalue weighted by Gasteiger charge is -2.22. The van der Waals surface area contributed by atoms with Gasteiger partial charge in [0.15, 0.2) is 0 Å². The Kier molecular flexibility index (Phi) is 8.19. The molecule has 232 valence electrons. The fourth-order valence-corrected chi connectivity index (χ4v) is 5.96. The van der Waals surface area contributed by atoms with Crippen LogP contribution in [-0.2, 0) is 24.2 Å². The highest BCUT2D eigenvalue weighted by atomic mass is 16.5. The van der Waals surface area contributed by atoms with Gasteiger partial charge < -0.3 is 25.0 Å². The summed E-state index contributed by atoms with van der Waals surface area (Å²) in [5, 5.41) is 16.6. The second-order valence-corrected chi connectivity index (χ2v) is 11.9. The summed E-state index contributed by atoms with van der Waals surface area (Å²) in [5.74, 6) is 1.51. The second-order valence-electron chi connectivity index (χ2n) is 11.9. The lowest BCUT2D eigenvalue weighted by Crippen LogP contribution is -2.18. The van der Waals surface area contributed by atoms with Crippen LogP contribution in [0.2, 0.25) is 0 Å². The molecule has 2 N–H and O–H groups in total. The molecular formula is C34H38N8O3. The minimum Gasteiger partial charge on any atom is -0.492 e. The van der Waals surface area contributed by atoms with Crippen molar-refractivity contribution in [3.8, 4) is 16.9 Å². The number of benzene rings is 2. The quantitative estimate of drug-likeness (QED) is 0.219. The molecule has 5 aromatic rings. The minimum atomic E-state index is -0.159. The number of aromatic nitrogens is 5. The number of nitrogens with one attached hydrogen (secondary N) is 2. The van der Waals surface area contributed by atoms with Crippen LogP contribution in [-0.4, -0.2) is 69.2 Å². The standard InChI is InChI=1S/C34H38N8O3/c1-40(2)12-13-41-30-10-9-24(17-25(30)19-37-41)34(43)39-27-7-5-6-23(16-27)18-35-33-28-11-15-45-32(28)29(21-36-33)26-20-38-42(22-26)31-8-3-4-14-44-31/h5-7,9-10,16-17,19-22,31H,3-4,8,11-15,18H2,1-2H3,(H,35,36)(H,39,43). The number of pyridine rings is 1. The molecule has 2 aliphatic heterocycles. The van der Waals surface area contributed by atoms with Crippen LogP contribution in [0.25, 0.3) is 22.0 Å². The van der Waals surface area contributed by atoms with Crippen LogP contribution in [0, 0.1) is 0 Å². The van der Waals surface area contributed by atoms with Crippen molar-refractivity contribution in [1.29, 1.82) is 0 Å². The molecule has 0 radical (unpaired) electrons. The average molecular weight is 607 g/mol. The molecule has 0 aliphatic carbocycles. The van der Waals surface area contributed by atoms with E-state index >= 15 is 0 Å². The number of ether oxygens (including phenoxy) is 2. The van der Waals surface area contributed by atoms with Crippen LogP contribution < -0.4 is 15.4 Å². The molecule has 2 aromatic carbocycles. The van der Waals surface area contributed by atoms with Crippen LogP contribution >= 0.6 is 0 Å². The van der Waals surface area contributed by atoms with E-state index in [9.17, 15) is 4.79 Å². The number of hydrogen-bond donors (Lipinski definition) is 2. The van der Waals surface area contributed by atoms with E-state index in [2.05, 4.69) is 25.7 Å². The maximum atomic E-state index is 13.1. The zero-order valence-corrected chi connectivity index (χ0v) is 25.7. The summed E-state index contributed by atoms with van der Waals surface area (Å²) < 4.78 is 15.9. The molecule has 0 spiro atoms. The molecular weight excluding hydrogens is 568 g/mol. The Balaban J connectivity index is 1.01. The molecule has 45 heavy (non-hydrogen) atoms. The van der Waals surface area contributed by atoms with Gasteiger partial charge in [0.05, 0.1) is 31.1 Å². The third-order valence-corrected chi connectivity index (χ3v) is 8.40. The zero-order valence-electron chi connectivity index (χ0n) is 25.7. The van der Waals surface area contributed by atoms with Crippen LogP contribution in [0.1, 0.15) is 47.0 Å². The van der Waals surface area contributed by atoms with Gasteiger partial charge in [-0.25, -0.2) is 9.67 Å². The first-order chi connectivity index (χ1) is 22.0. The zero-order chi connectivity index (χ0) is 30.8. The maximum Gasteiger partial charge on any atom is 0.255 e. The van der Waals surface area contributed by atoms with Gasteiger partial charge >= 0.3 is 0 Å². The number of carbonyl (C=O) groups excluding carboxylic acids is 1. The predicted molar refractivity (Wildman–Crippen MR) is 174 cm³/mol. The number of anilines is 2. The minimum absolute atomic E-state index is 0.0113. The van der Waals surface area contributed by atoms with Gasteiger partial charge in [0.2, 0.25) is 0 Å². The van der Waals surface area contributed by atoms with Gasteiger partial charge in [-0.05, 0) is 69.3 Å². The number of rotatable bonds is 10. The molecule has 3 aromatic heterocycles. The molecule has 1 atom stereocenters. The lowest BCUT2D eigenvalue weighted by atomic mass is 10.1. The van der Waals surface area contributed by atoms with Crippen molar-refractivity contribution in [3.63, 3.8) is 0 Å². The summed E-state index contributed by atoms with van der Waals surface area (Å²) in [6.07, 6.45) is 11.6. The van der Waals surface area contributed by atoms with E-state index < -0.39 is 0 Å². The number of fused-ring (bicyclic) bond motifs is 2. The molecule has 1 amide bonds. The largest absolute Gasteiger partial charge is 0.492 e. The molecule has 0 bridgehead atoms. The van der Waals surface area contributed by atoms with Gasteiger partial charge in [-0.2, -0.15) is 10.2 Å². The number of likely N-dealkylation sites (N-methyl/N-ethyl adjacent to an activating group) is 1. The third-order valence-electron chi connectivity index (χ3n) is 8.40. The van der Waals surface area contributed by atoms with Crippen LogP contribution in [0.5, 0.6) is 5.75 Å². The molecule has 11 nitrogen and oxygen atoms in total. The molecule has 2 aliphatic rings. The Morgan fingerprint density at radius 3 is 2.87 bits per heavy atom. The Morgan fingerprint density at radius 1 is 1.07 bits per heavy atom. The highest BCUT2D eigenvalue weighted by Crippen LogP contribution is 2.40. The van der Waals surface area contributed by atoms with E-state index in [1.807, 2.05) is 90.7 Å². The fourth-order valence-electron chi connectivity index (χ4n) is 5.96. The highest BCUT2D eigenvalue weighted by Gasteiger charge is 2.24. The number of amides is 1. The molecule has 7 rings (SSSR count). The first-order valence-electron chi connectivity index (χ1n) is 15.6. The predicted octanol–water partition coefficient (Wildman–Crippen LogP) is 5.35. The van der Waals surface area contributed by atoms with Crippen molar-refractivity contribution in [1.82, 2.24) is 29.4 Å². The first kappa shape index (κ1) is 29.0. The molecule has 1 unspecified atom stereocenters. The second kappa shape index (κ2) is 12.7. The summed E-state index contributed by atoms with van der Waals surface area (Å²) >= 11 is 0. The molecule has 0 saturated carbocycles. The van der Waals surface area contributed by atoms with Crippen molar-refractivity contribution >= 4 is 28.3 Å². The van der Waals surface area contributed by atoms with Crippen molar-refractivity contribution in [2.75, 3.05) is 44.5 Å². The van der Waals surface area contributed by atoms with Crippen molar-refractivity contribution in [2.45, 2.75) is 45.0 Å². The summed E-state index contributed by atoms with van der Waals surface area (Å²) in [4.78, 5) is 20.0. The van der Waals surface area contributed by atoms with Gasteiger partial charge in [-0.3, -0.25) is 9.48 Å². The lowest BCUT2D eigenvalue weighted by molar-refractivity contribution is -0.0394. The molecule has 1 saturated heterocycles. The van der Waals surface area contributed by atoms with E-state index in [0.29, 0.717) is 18.7 Å². The van der Waals surface area contributed by atoms with E-state index in [4.69, 9.17) is 14.5 Å². The Hall–Kier alpha value is -4.74.